The maximum Gasteiger partial charge on any atom is 0.410 e. The van der Waals surface area contributed by atoms with Crippen LogP contribution in [0.1, 0.15) is 53.4 Å². The zero-order valence-corrected chi connectivity index (χ0v) is 13.5. The van der Waals surface area contributed by atoms with Gasteiger partial charge < -0.3 is 19.5 Å². The Bertz CT molecular complexity index is 367. The van der Waals surface area contributed by atoms with Crippen LogP contribution in [0, 0.1) is 0 Å². The standard InChI is InChI=1S/C15H27NO5/c1-5-20-12(17)6-7-15(19)8-10-16(11-9-15)13(18)21-14(2,3)4/h19H,5-11H2,1-4H3. The van der Waals surface area contributed by atoms with E-state index < -0.39 is 11.2 Å². The number of hydrogen-bond donors (Lipinski definition) is 1. The lowest BCUT2D eigenvalue weighted by Gasteiger charge is -2.38. The maximum atomic E-state index is 11.9. The van der Waals surface area contributed by atoms with Crippen LogP contribution in [0.3, 0.4) is 0 Å². The predicted molar refractivity (Wildman–Crippen MR) is 77.9 cm³/mol. The van der Waals surface area contributed by atoms with E-state index >= 15 is 0 Å². The highest BCUT2D eigenvalue weighted by molar-refractivity contribution is 5.69. The Morgan fingerprint density at radius 2 is 1.81 bits per heavy atom. The molecule has 1 aliphatic heterocycles. The summed E-state index contributed by atoms with van der Waals surface area (Å²) in [6.45, 7) is 8.46. The molecule has 0 spiro atoms. The first-order valence-electron chi connectivity index (χ1n) is 7.51. The number of nitrogens with zero attached hydrogens (tertiary/aromatic N) is 1. The first-order chi connectivity index (χ1) is 9.65. The lowest BCUT2D eigenvalue weighted by molar-refractivity contribution is -0.145. The van der Waals surface area contributed by atoms with Crippen molar-refractivity contribution < 1.29 is 24.2 Å². The summed E-state index contributed by atoms with van der Waals surface area (Å²) in [5.74, 6) is -0.291. The fraction of sp³-hybridized carbons (Fsp3) is 0.867. The number of esters is 1. The molecule has 0 radical (unpaired) electrons. The molecule has 122 valence electrons. The predicted octanol–water partition coefficient (Wildman–Crippen LogP) is 2.09. The Balaban J connectivity index is 2.40. The molecule has 6 heteroatoms. The second kappa shape index (κ2) is 7.11. The van der Waals surface area contributed by atoms with Crippen molar-refractivity contribution in [1.82, 2.24) is 4.90 Å². The molecule has 0 bridgehead atoms. The van der Waals surface area contributed by atoms with Gasteiger partial charge in [0.1, 0.15) is 5.60 Å². The summed E-state index contributed by atoms with van der Waals surface area (Å²) in [4.78, 5) is 24.9. The van der Waals surface area contributed by atoms with Gasteiger partial charge in [-0.1, -0.05) is 0 Å². The Labute approximate surface area is 126 Å². The second-order valence-corrected chi connectivity index (χ2v) is 6.50. The van der Waals surface area contributed by atoms with Gasteiger partial charge in [0, 0.05) is 19.5 Å². The third-order valence-corrected chi connectivity index (χ3v) is 3.45. The number of hydrogen-bond acceptors (Lipinski definition) is 5. The molecule has 1 amide bonds. The number of likely N-dealkylation sites (tertiary alicyclic amines) is 1. The van der Waals surface area contributed by atoms with E-state index in [1.165, 1.54) is 0 Å². The molecular formula is C15H27NO5. The van der Waals surface area contributed by atoms with Crippen LogP contribution < -0.4 is 0 Å². The van der Waals surface area contributed by atoms with Gasteiger partial charge in [0.2, 0.25) is 0 Å². The van der Waals surface area contributed by atoms with Gasteiger partial charge in [0.05, 0.1) is 12.2 Å². The Morgan fingerprint density at radius 1 is 1.24 bits per heavy atom. The zero-order valence-electron chi connectivity index (χ0n) is 13.5. The van der Waals surface area contributed by atoms with Crippen molar-refractivity contribution in [1.29, 1.82) is 0 Å². The van der Waals surface area contributed by atoms with Gasteiger partial charge in [-0.2, -0.15) is 0 Å². The van der Waals surface area contributed by atoms with E-state index in [1.54, 1.807) is 11.8 Å². The minimum Gasteiger partial charge on any atom is -0.466 e. The van der Waals surface area contributed by atoms with Gasteiger partial charge in [0.25, 0.3) is 0 Å². The third kappa shape index (κ3) is 6.33. The number of rotatable bonds is 4. The molecule has 1 saturated heterocycles. The number of ether oxygens (including phenoxy) is 2. The molecule has 0 aliphatic carbocycles. The molecule has 1 aliphatic rings. The summed E-state index contributed by atoms with van der Waals surface area (Å²) in [7, 11) is 0. The van der Waals surface area contributed by atoms with Crippen molar-refractivity contribution in [3.05, 3.63) is 0 Å². The van der Waals surface area contributed by atoms with Crippen molar-refractivity contribution in [2.45, 2.75) is 64.6 Å². The fourth-order valence-corrected chi connectivity index (χ4v) is 2.25. The molecule has 1 rings (SSSR count). The molecule has 1 fully saturated rings. The monoisotopic (exact) mass is 301 g/mol. The van der Waals surface area contributed by atoms with Crippen molar-refractivity contribution in [2.24, 2.45) is 0 Å². The number of aliphatic hydroxyl groups is 1. The summed E-state index contributed by atoms with van der Waals surface area (Å²) in [5.41, 5.74) is -1.42. The molecule has 1 heterocycles. The molecular weight excluding hydrogens is 274 g/mol. The first kappa shape index (κ1) is 17.8. The van der Waals surface area contributed by atoms with Crippen LogP contribution in [0.15, 0.2) is 0 Å². The van der Waals surface area contributed by atoms with E-state index in [0.717, 1.165) is 0 Å². The SMILES string of the molecule is CCOC(=O)CCC1(O)CCN(C(=O)OC(C)(C)C)CC1. The third-order valence-electron chi connectivity index (χ3n) is 3.45. The summed E-state index contributed by atoms with van der Waals surface area (Å²) < 4.78 is 10.2. The van der Waals surface area contributed by atoms with Crippen molar-refractivity contribution in [2.75, 3.05) is 19.7 Å². The Morgan fingerprint density at radius 3 is 2.29 bits per heavy atom. The maximum absolute atomic E-state index is 11.9. The normalized spacial score (nSPS) is 18.2. The van der Waals surface area contributed by atoms with Crippen LogP contribution in [0.4, 0.5) is 4.79 Å². The largest absolute Gasteiger partial charge is 0.466 e. The summed E-state index contributed by atoms with van der Waals surface area (Å²) in [6, 6.07) is 0. The average Bonchev–Trinajstić information content (AvgIpc) is 2.36. The lowest BCUT2D eigenvalue weighted by Crippen LogP contribution is -2.48. The van der Waals surface area contributed by atoms with Crippen molar-refractivity contribution in [3.8, 4) is 0 Å². The van der Waals surface area contributed by atoms with Crippen LogP contribution in [-0.2, 0) is 14.3 Å². The Kier molecular flexibility index (Phi) is 6.01. The highest BCUT2D eigenvalue weighted by Gasteiger charge is 2.35. The van der Waals surface area contributed by atoms with Crippen LogP contribution in [-0.4, -0.2) is 53.0 Å². The van der Waals surface area contributed by atoms with E-state index in [4.69, 9.17) is 9.47 Å². The van der Waals surface area contributed by atoms with Gasteiger partial charge in [-0.15, -0.1) is 0 Å². The van der Waals surface area contributed by atoms with E-state index in [0.29, 0.717) is 39.0 Å². The molecule has 0 aromatic heterocycles. The number of carbonyl (C=O) groups excluding carboxylic acids is 2. The first-order valence-corrected chi connectivity index (χ1v) is 7.51. The van der Waals surface area contributed by atoms with E-state index in [-0.39, 0.29) is 18.5 Å². The molecule has 0 aromatic rings. The molecule has 1 N–H and O–H groups in total. The van der Waals surface area contributed by atoms with Gasteiger partial charge in [0.15, 0.2) is 0 Å². The smallest absolute Gasteiger partial charge is 0.410 e. The van der Waals surface area contributed by atoms with Crippen LogP contribution >= 0.6 is 0 Å². The minimum atomic E-state index is -0.898. The van der Waals surface area contributed by atoms with Gasteiger partial charge in [-0.25, -0.2) is 4.79 Å². The van der Waals surface area contributed by atoms with Crippen LogP contribution in [0.2, 0.25) is 0 Å². The zero-order chi connectivity index (χ0) is 16.1. The average molecular weight is 301 g/mol. The van der Waals surface area contributed by atoms with Gasteiger partial charge in [-0.05, 0) is 47.0 Å². The topological polar surface area (TPSA) is 76.1 Å². The molecule has 0 atom stereocenters. The number of amides is 1. The fourth-order valence-electron chi connectivity index (χ4n) is 2.25. The number of carbonyl (C=O) groups is 2. The van der Waals surface area contributed by atoms with E-state index in [9.17, 15) is 14.7 Å². The molecule has 0 unspecified atom stereocenters. The van der Waals surface area contributed by atoms with Gasteiger partial charge in [-0.3, -0.25) is 4.79 Å². The quantitative estimate of drug-likeness (QED) is 0.805. The molecule has 0 saturated carbocycles. The van der Waals surface area contributed by atoms with E-state index in [1.807, 2.05) is 20.8 Å². The van der Waals surface area contributed by atoms with Crippen molar-refractivity contribution in [3.63, 3.8) is 0 Å². The minimum absolute atomic E-state index is 0.205. The van der Waals surface area contributed by atoms with Crippen LogP contribution in [0.5, 0.6) is 0 Å². The Hall–Kier alpha value is -1.30. The lowest BCUT2D eigenvalue weighted by atomic mass is 9.87. The summed E-state index contributed by atoms with van der Waals surface area (Å²) >= 11 is 0. The van der Waals surface area contributed by atoms with Crippen LogP contribution in [0.25, 0.3) is 0 Å². The van der Waals surface area contributed by atoms with E-state index in [2.05, 4.69) is 0 Å². The van der Waals surface area contributed by atoms with Gasteiger partial charge >= 0.3 is 12.1 Å². The molecule has 6 nitrogen and oxygen atoms in total. The summed E-state index contributed by atoms with van der Waals surface area (Å²) in [6.07, 6.45) is 1.12. The highest BCUT2D eigenvalue weighted by atomic mass is 16.6. The highest BCUT2D eigenvalue weighted by Crippen LogP contribution is 2.28. The second-order valence-electron chi connectivity index (χ2n) is 6.50. The molecule has 0 aromatic carbocycles. The number of piperidine rings is 1. The molecule has 21 heavy (non-hydrogen) atoms. The summed E-state index contributed by atoms with van der Waals surface area (Å²) in [5, 5.41) is 10.4. The van der Waals surface area contributed by atoms with Crippen molar-refractivity contribution >= 4 is 12.1 Å².